The number of carbonyl (C=O) groups is 3. The van der Waals surface area contributed by atoms with E-state index < -0.39 is 5.97 Å². The highest BCUT2D eigenvalue weighted by Gasteiger charge is 2.20. The van der Waals surface area contributed by atoms with Gasteiger partial charge in [0.15, 0.2) is 5.78 Å². The standard InChI is InChI=1S/C15H19NO4/c1-11(2)16(10-15(19)20)14(18)9-8-13(17)12-6-4-3-5-7-12/h3-7,11H,8-10H2,1-2H3,(H,19,20). The summed E-state index contributed by atoms with van der Waals surface area (Å²) in [5.74, 6) is -1.48. The number of hydrogen-bond acceptors (Lipinski definition) is 3. The molecule has 0 heterocycles. The van der Waals surface area contributed by atoms with Crippen LogP contribution in [0, 0.1) is 0 Å². The summed E-state index contributed by atoms with van der Waals surface area (Å²) in [5, 5.41) is 8.78. The first-order chi connectivity index (χ1) is 9.41. The number of carboxylic acid groups (broad SMARTS) is 1. The van der Waals surface area contributed by atoms with Gasteiger partial charge in [-0.2, -0.15) is 0 Å². The van der Waals surface area contributed by atoms with Crippen molar-refractivity contribution in [1.29, 1.82) is 0 Å². The molecule has 0 aliphatic heterocycles. The molecule has 1 rings (SSSR count). The maximum absolute atomic E-state index is 12.0. The van der Waals surface area contributed by atoms with E-state index in [9.17, 15) is 14.4 Å². The molecular formula is C15H19NO4. The Morgan fingerprint density at radius 2 is 1.70 bits per heavy atom. The van der Waals surface area contributed by atoms with Crippen LogP contribution in [0.3, 0.4) is 0 Å². The van der Waals surface area contributed by atoms with Crippen LogP contribution in [0.15, 0.2) is 30.3 Å². The second-order valence-corrected chi connectivity index (χ2v) is 4.80. The Hall–Kier alpha value is -2.17. The number of carbonyl (C=O) groups excluding carboxylic acids is 2. The first-order valence-electron chi connectivity index (χ1n) is 6.51. The van der Waals surface area contributed by atoms with Crippen molar-refractivity contribution >= 4 is 17.7 Å². The first-order valence-corrected chi connectivity index (χ1v) is 6.51. The van der Waals surface area contributed by atoms with Gasteiger partial charge in [0.05, 0.1) is 0 Å². The molecule has 0 bridgehead atoms. The molecule has 1 amide bonds. The van der Waals surface area contributed by atoms with E-state index in [2.05, 4.69) is 0 Å². The van der Waals surface area contributed by atoms with Gasteiger partial charge in [0.25, 0.3) is 0 Å². The molecule has 0 spiro atoms. The van der Waals surface area contributed by atoms with Gasteiger partial charge in [0.2, 0.25) is 5.91 Å². The highest BCUT2D eigenvalue weighted by Crippen LogP contribution is 2.08. The lowest BCUT2D eigenvalue weighted by atomic mass is 10.1. The second-order valence-electron chi connectivity index (χ2n) is 4.80. The number of rotatable bonds is 7. The zero-order valence-electron chi connectivity index (χ0n) is 11.7. The third kappa shape index (κ3) is 4.84. The lowest BCUT2D eigenvalue weighted by Gasteiger charge is -2.24. The van der Waals surface area contributed by atoms with Gasteiger partial charge in [-0.15, -0.1) is 0 Å². The van der Waals surface area contributed by atoms with Gasteiger partial charge in [0.1, 0.15) is 6.54 Å². The van der Waals surface area contributed by atoms with Gasteiger partial charge in [-0.05, 0) is 13.8 Å². The van der Waals surface area contributed by atoms with Crippen molar-refractivity contribution in [2.45, 2.75) is 32.7 Å². The molecular weight excluding hydrogens is 258 g/mol. The molecule has 1 N–H and O–H groups in total. The van der Waals surface area contributed by atoms with Gasteiger partial charge >= 0.3 is 5.97 Å². The summed E-state index contributed by atoms with van der Waals surface area (Å²) in [6, 6.07) is 8.54. The Labute approximate surface area is 118 Å². The Kier molecular flexibility index (Phi) is 5.90. The normalized spacial score (nSPS) is 10.3. The van der Waals surface area contributed by atoms with Crippen LogP contribution in [-0.4, -0.2) is 40.3 Å². The lowest BCUT2D eigenvalue weighted by molar-refractivity contribution is -0.145. The Morgan fingerprint density at radius 3 is 2.20 bits per heavy atom. The fourth-order valence-corrected chi connectivity index (χ4v) is 1.84. The third-order valence-corrected chi connectivity index (χ3v) is 2.91. The minimum atomic E-state index is -1.05. The van der Waals surface area contributed by atoms with Crippen LogP contribution in [-0.2, 0) is 9.59 Å². The number of hydrogen-bond donors (Lipinski definition) is 1. The van der Waals surface area contributed by atoms with Gasteiger partial charge in [-0.1, -0.05) is 30.3 Å². The average molecular weight is 277 g/mol. The largest absolute Gasteiger partial charge is 0.480 e. The average Bonchev–Trinajstić information content (AvgIpc) is 2.42. The summed E-state index contributed by atoms with van der Waals surface area (Å²) in [7, 11) is 0. The molecule has 20 heavy (non-hydrogen) atoms. The summed E-state index contributed by atoms with van der Waals surface area (Å²) >= 11 is 0. The smallest absolute Gasteiger partial charge is 0.323 e. The number of Topliss-reactive ketones (excluding diaryl/α,β-unsaturated/α-hetero) is 1. The zero-order chi connectivity index (χ0) is 15.1. The molecule has 0 aliphatic carbocycles. The van der Waals surface area contributed by atoms with E-state index >= 15 is 0 Å². The maximum atomic E-state index is 12.0. The van der Waals surface area contributed by atoms with Crippen molar-refractivity contribution in [3.8, 4) is 0 Å². The fourth-order valence-electron chi connectivity index (χ4n) is 1.84. The predicted molar refractivity (Wildman–Crippen MR) is 74.5 cm³/mol. The quantitative estimate of drug-likeness (QED) is 0.773. The molecule has 0 radical (unpaired) electrons. The molecule has 0 fully saturated rings. The Bertz CT molecular complexity index is 482. The Morgan fingerprint density at radius 1 is 1.10 bits per heavy atom. The minimum absolute atomic E-state index is 0.0270. The highest BCUT2D eigenvalue weighted by atomic mass is 16.4. The molecule has 0 aliphatic rings. The van der Waals surface area contributed by atoms with Crippen LogP contribution in [0.5, 0.6) is 0 Å². The molecule has 108 valence electrons. The molecule has 0 saturated carbocycles. The van der Waals surface area contributed by atoms with Crippen molar-refractivity contribution in [2.24, 2.45) is 0 Å². The third-order valence-electron chi connectivity index (χ3n) is 2.91. The van der Waals surface area contributed by atoms with Crippen molar-refractivity contribution in [3.05, 3.63) is 35.9 Å². The number of aliphatic carboxylic acids is 1. The molecule has 0 saturated heterocycles. The van der Waals surface area contributed by atoms with E-state index in [0.717, 1.165) is 0 Å². The number of benzene rings is 1. The van der Waals surface area contributed by atoms with E-state index in [4.69, 9.17) is 5.11 Å². The van der Waals surface area contributed by atoms with Crippen molar-refractivity contribution in [3.63, 3.8) is 0 Å². The van der Waals surface area contributed by atoms with E-state index in [1.54, 1.807) is 38.1 Å². The molecule has 0 aromatic heterocycles. The zero-order valence-corrected chi connectivity index (χ0v) is 11.7. The van der Waals surface area contributed by atoms with Crippen molar-refractivity contribution in [1.82, 2.24) is 4.90 Å². The topological polar surface area (TPSA) is 74.7 Å². The molecule has 0 unspecified atom stereocenters. The van der Waals surface area contributed by atoms with Crippen LogP contribution in [0.25, 0.3) is 0 Å². The SMILES string of the molecule is CC(C)N(CC(=O)O)C(=O)CCC(=O)c1ccccc1. The van der Waals surface area contributed by atoms with Crippen LogP contribution in [0.1, 0.15) is 37.0 Å². The number of nitrogens with zero attached hydrogens (tertiary/aromatic N) is 1. The van der Waals surface area contributed by atoms with Gasteiger partial charge in [-0.25, -0.2) is 0 Å². The minimum Gasteiger partial charge on any atom is -0.480 e. The van der Waals surface area contributed by atoms with Gasteiger partial charge in [0, 0.05) is 24.4 Å². The predicted octanol–water partition coefficient (Wildman–Crippen LogP) is 1.97. The molecule has 5 heteroatoms. The van der Waals surface area contributed by atoms with Gasteiger partial charge in [-0.3, -0.25) is 14.4 Å². The van der Waals surface area contributed by atoms with E-state index in [1.165, 1.54) is 4.90 Å². The number of carboxylic acids is 1. The highest BCUT2D eigenvalue weighted by molar-refractivity contribution is 5.98. The summed E-state index contributed by atoms with van der Waals surface area (Å²) < 4.78 is 0. The summed E-state index contributed by atoms with van der Waals surface area (Å²) in [5.41, 5.74) is 0.564. The second kappa shape index (κ2) is 7.43. The fraction of sp³-hybridized carbons (Fsp3) is 0.400. The van der Waals surface area contributed by atoms with Crippen molar-refractivity contribution in [2.75, 3.05) is 6.54 Å². The number of ketones is 1. The molecule has 5 nitrogen and oxygen atoms in total. The molecule has 1 aromatic rings. The summed E-state index contributed by atoms with van der Waals surface area (Å²) in [6.45, 7) is 3.16. The van der Waals surface area contributed by atoms with Crippen molar-refractivity contribution < 1.29 is 19.5 Å². The number of amides is 1. The van der Waals surface area contributed by atoms with E-state index in [0.29, 0.717) is 5.56 Å². The van der Waals surface area contributed by atoms with E-state index in [1.807, 2.05) is 6.07 Å². The van der Waals surface area contributed by atoms with Crippen LogP contribution < -0.4 is 0 Å². The van der Waals surface area contributed by atoms with Crippen LogP contribution >= 0.6 is 0 Å². The van der Waals surface area contributed by atoms with Crippen LogP contribution in [0.4, 0.5) is 0 Å². The monoisotopic (exact) mass is 277 g/mol. The summed E-state index contributed by atoms with van der Waals surface area (Å²) in [4.78, 5) is 35.8. The lowest BCUT2D eigenvalue weighted by Crippen LogP contribution is -2.40. The van der Waals surface area contributed by atoms with Crippen LogP contribution in [0.2, 0.25) is 0 Å². The van der Waals surface area contributed by atoms with Gasteiger partial charge < -0.3 is 10.0 Å². The molecule has 1 aromatic carbocycles. The maximum Gasteiger partial charge on any atom is 0.323 e. The first kappa shape index (κ1) is 15.9. The molecule has 0 atom stereocenters. The Balaban J connectivity index is 2.57. The van der Waals surface area contributed by atoms with E-state index in [-0.39, 0.29) is 37.1 Å². The summed E-state index contributed by atoms with van der Waals surface area (Å²) in [6.07, 6.45) is 0.116.